The Balaban J connectivity index is 2.67. The minimum absolute atomic E-state index is 0.262. The van der Waals surface area contributed by atoms with Gasteiger partial charge in [-0.05, 0) is 28.1 Å². The SMILES string of the molecule is OCc1c(C(F)(F)F)nn(-c2ccccc2Br)c1Cl. The number of hydrogen-bond donors (Lipinski definition) is 1. The number of hydrogen-bond acceptors (Lipinski definition) is 2. The number of para-hydroxylation sites is 1. The first kappa shape index (κ1) is 14.4. The van der Waals surface area contributed by atoms with E-state index in [1.54, 1.807) is 24.3 Å². The molecule has 0 saturated carbocycles. The molecule has 1 aromatic heterocycles. The Bertz CT molecular complexity index is 612. The van der Waals surface area contributed by atoms with Gasteiger partial charge >= 0.3 is 6.18 Å². The van der Waals surface area contributed by atoms with E-state index in [0.29, 0.717) is 10.2 Å². The van der Waals surface area contributed by atoms with Crippen LogP contribution in [0, 0.1) is 0 Å². The summed E-state index contributed by atoms with van der Waals surface area (Å²) in [4.78, 5) is 0. The van der Waals surface area contributed by atoms with Gasteiger partial charge in [0.15, 0.2) is 5.69 Å². The predicted octanol–water partition coefficient (Wildman–Crippen LogP) is 3.80. The van der Waals surface area contributed by atoms with E-state index < -0.39 is 24.0 Å². The van der Waals surface area contributed by atoms with Crippen molar-refractivity contribution in [1.82, 2.24) is 9.78 Å². The van der Waals surface area contributed by atoms with Gasteiger partial charge in [0.2, 0.25) is 0 Å². The molecule has 0 saturated heterocycles. The van der Waals surface area contributed by atoms with Crippen LogP contribution in [0.4, 0.5) is 13.2 Å². The molecule has 0 unspecified atom stereocenters. The molecule has 1 heterocycles. The molecule has 3 nitrogen and oxygen atoms in total. The van der Waals surface area contributed by atoms with E-state index in [-0.39, 0.29) is 5.15 Å². The molecule has 0 atom stereocenters. The highest BCUT2D eigenvalue weighted by molar-refractivity contribution is 9.10. The molecule has 2 rings (SSSR count). The molecule has 1 aromatic carbocycles. The van der Waals surface area contributed by atoms with Gasteiger partial charge in [0, 0.05) is 10.0 Å². The third kappa shape index (κ3) is 2.63. The lowest BCUT2D eigenvalue weighted by Crippen LogP contribution is -2.09. The summed E-state index contributed by atoms with van der Waals surface area (Å²) in [7, 11) is 0. The van der Waals surface area contributed by atoms with Crippen molar-refractivity contribution < 1.29 is 18.3 Å². The van der Waals surface area contributed by atoms with Crippen molar-refractivity contribution in [3.05, 3.63) is 45.1 Å². The number of aliphatic hydroxyl groups excluding tert-OH is 1. The van der Waals surface area contributed by atoms with E-state index in [2.05, 4.69) is 21.0 Å². The number of nitrogens with zero attached hydrogens (tertiary/aromatic N) is 2. The van der Waals surface area contributed by atoms with E-state index in [9.17, 15) is 13.2 Å². The molecule has 1 N–H and O–H groups in total. The molecule has 102 valence electrons. The van der Waals surface area contributed by atoms with E-state index in [1.807, 2.05) is 0 Å². The highest BCUT2D eigenvalue weighted by Crippen LogP contribution is 2.36. The normalized spacial score (nSPS) is 11.9. The summed E-state index contributed by atoms with van der Waals surface area (Å²) in [6.07, 6.45) is -4.67. The predicted molar refractivity (Wildman–Crippen MR) is 67.2 cm³/mol. The summed E-state index contributed by atoms with van der Waals surface area (Å²) in [6, 6.07) is 6.57. The maximum Gasteiger partial charge on any atom is 0.435 e. The molecule has 8 heteroatoms. The number of alkyl halides is 3. The lowest BCUT2D eigenvalue weighted by atomic mass is 10.2. The van der Waals surface area contributed by atoms with Gasteiger partial charge in [0.25, 0.3) is 0 Å². The van der Waals surface area contributed by atoms with Crippen LogP contribution in [0.25, 0.3) is 5.69 Å². The van der Waals surface area contributed by atoms with Gasteiger partial charge in [-0.3, -0.25) is 0 Å². The standard InChI is InChI=1S/C11H7BrClF3N2O/c12-7-3-1-2-4-8(7)18-10(13)6(5-19)9(17-18)11(14,15)16/h1-4,19H,5H2. The lowest BCUT2D eigenvalue weighted by Gasteiger charge is -2.05. The number of aromatic nitrogens is 2. The fourth-order valence-corrected chi connectivity index (χ4v) is 2.31. The van der Waals surface area contributed by atoms with Crippen LogP contribution in [0.15, 0.2) is 28.7 Å². The molecule has 0 aliphatic rings. The molecular formula is C11H7BrClF3N2O. The molecule has 0 aliphatic carbocycles. The van der Waals surface area contributed by atoms with Crippen LogP contribution >= 0.6 is 27.5 Å². The van der Waals surface area contributed by atoms with Gasteiger partial charge in [0.1, 0.15) is 5.15 Å². The Morgan fingerprint density at radius 1 is 1.32 bits per heavy atom. The second-order valence-corrected chi connectivity index (χ2v) is 4.85. The molecule has 2 aromatic rings. The Labute approximate surface area is 119 Å². The number of rotatable bonds is 2. The Morgan fingerprint density at radius 2 is 1.95 bits per heavy atom. The summed E-state index contributed by atoms with van der Waals surface area (Å²) in [5.74, 6) is 0. The van der Waals surface area contributed by atoms with Crippen molar-refractivity contribution in [3.63, 3.8) is 0 Å². The second-order valence-electron chi connectivity index (χ2n) is 3.64. The molecule has 19 heavy (non-hydrogen) atoms. The van der Waals surface area contributed by atoms with Crippen LogP contribution in [-0.2, 0) is 12.8 Å². The minimum Gasteiger partial charge on any atom is -0.391 e. The number of halogens is 5. The van der Waals surface area contributed by atoms with E-state index in [0.717, 1.165) is 4.68 Å². The summed E-state index contributed by atoms with van der Waals surface area (Å²) in [6.45, 7) is -0.835. The van der Waals surface area contributed by atoms with Crippen LogP contribution in [0.5, 0.6) is 0 Å². The molecule has 0 bridgehead atoms. The van der Waals surface area contributed by atoms with Crippen LogP contribution in [-0.4, -0.2) is 14.9 Å². The third-order valence-electron chi connectivity index (χ3n) is 2.43. The molecule has 0 spiro atoms. The summed E-state index contributed by atoms with van der Waals surface area (Å²) in [5.41, 5.74) is -1.27. The van der Waals surface area contributed by atoms with E-state index in [1.165, 1.54) is 0 Å². The smallest absolute Gasteiger partial charge is 0.391 e. The third-order valence-corrected chi connectivity index (χ3v) is 3.49. The van der Waals surface area contributed by atoms with Crippen molar-refractivity contribution in [2.75, 3.05) is 0 Å². The van der Waals surface area contributed by atoms with Crippen LogP contribution in [0.3, 0.4) is 0 Å². The molecule has 0 fully saturated rings. The summed E-state index contributed by atoms with van der Waals surface area (Å²) in [5, 5.41) is 12.2. The van der Waals surface area contributed by atoms with E-state index >= 15 is 0 Å². The highest BCUT2D eigenvalue weighted by Gasteiger charge is 2.39. The first-order valence-corrected chi connectivity index (χ1v) is 6.23. The van der Waals surface area contributed by atoms with E-state index in [4.69, 9.17) is 16.7 Å². The van der Waals surface area contributed by atoms with Gasteiger partial charge in [0.05, 0.1) is 12.3 Å². The fraction of sp³-hybridized carbons (Fsp3) is 0.182. The average molecular weight is 356 g/mol. The monoisotopic (exact) mass is 354 g/mol. The van der Waals surface area contributed by atoms with Gasteiger partial charge < -0.3 is 5.11 Å². The quantitative estimate of drug-likeness (QED) is 0.890. The largest absolute Gasteiger partial charge is 0.435 e. The van der Waals surface area contributed by atoms with Crippen LogP contribution < -0.4 is 0 Å². The van der Waals surface area contributed by atoms with Crippen molar-refractivity contribution in [3.8, 4) is 5.69 Å². The Hall–Kier alpha value is -1.05. The topological polar surface area (TPSA) is 38.1 Å². The first-order chi connectivity index (χ1) is 8.86. The van der Waals surface area contributed by atoms with Crippen LogP contribution in [0.1, 0.15) is 11.3 Å². The summed E-state index contributed by atoms with van der Waals surface area (Å²) < 4.78 is 39.8. The molecule has 0 amide bonds. The van der Waals surface area contributed by atoms with Crippen molar-refractivity contribution in [2.24, 2.45) is 0 Å². The first-order valence-electron chi connectivity index (χ1n) is 5.06. The zero-order valence-electron chi connectivity index (χ0n) is 9.25. The van der Waals surface area contributed by atoms with Gasteiger partial charge in [-0.2, -0.15) is 18.3 Å². The van der Waals surface area contributed by atoms with Crippen molar-refractivity contribution >= 4 is 27.5 Å². The molecule has 0 radical (unpaired) electrons. The lowest BCUT2D eigenvalue weighted by molar-refractivity contribution is -0.142. The number of benzene rings is 1. The zero-order valence-corrected chi connectivity index (χ0v) is 11.6. The summed E-state index contributed by atoms with van der Waals surface area (Å²) >= 11 is 9.07. The van der Waals surface area contributed by atoms with Gasteiger partial charge in [-0.25, -0.2) is 4.68 Å². The zero-order chi connectivity index (χ0) is 14.2. The fourth-order valence-electron chi connectivity index (χ4n) is 1.58. The highest BCUT2D eigenvalue weighted by atomic mass is 79.9. The molecule has 0 aliphatic heterocycles. The second kappa shape index (κ2) is 5.15. The minimum atomic E-state index is -4.67. The maximum atomic E-state index is 12.8. The number of aliphatic hydroxyl groups is 1. The van der Waals surface area contributed by atoms with Crippen molar-refractivity contribution in [1.29, 1.82) is 0 Å². The Kier molecular flexibility index (Phi) is 3.89. The molecular weight excluding hydrogens is 348 g/mol. The van der Waals surface area contributed by atoms with Gasteiger partial charge in [-0.1, -0.05) is 23.7 Å². The Morgan fingerprint density at radius 3 is 2.42 bits per heavy atom. The maximum absolute atomic E-state index is 12.8. The average Bonchev–Trinajstić information content (AvgIpc) is 2.67. The van der Waals surface area contributed by atoms with Crippen molar-refractivity contribution in [2.45, 2.75) is 12.8 Å². The van der Waals surface area contributed by atoms with Gasteiger partial charge in [-0.15, -0.1) is 0 Å². The van der Waals surface area contributed by atoms with Crippen LogP contribution in [0.2, 0.25) is 5.15 Å².